The summed E-state index contributed by atoms with van der Waals surface area (Å²) in [4.78, 5) is 57.5. The van der Waals surface area contributed by atoms with Crippen molar-refractivity contribution in [3.63, 3.8) is 0 Å². The fourth-order valence-electron chi connectivity index (χ4n) is 9.69. The van der Waals surface area contributed by atoms with Crippen molar-refractivity contribution in [3.05, 3.63) is 95.0 Å². The van der Waals surface area contributed by atoms with Crippen LogP contribution in [0.15, 0.2) is 73.6 Å². The van der Waals surface area contributed by atoms with Crippen molar-refractivity contribution in [1.29, 1.82) is 0 Å². The number of aromatic nitrogens is 8. The molecule has 4 fully saturated rings. The molecule has 514 valence electrons. The largest absolute Gasteiger partial charge is 0.481 e. The van der Waals surface area contributed by atoms with E-state index in [0.717, 1.165) is 117 Å². The average molecular weight is 1420 g/mol. The lowest BCUT2D eigenvalue weighted by molar-refractivity contribution is -0.136. The predicted molar refractivity (Wildman–Crippen MR) is 410 cm³/mol. The summed E-state index contributed by atoms with van der Waals surface area (Å²) in [6.45, 7) is 7.98. The Labute approximate surface area is 623 Å². The molecule has 0 atom stereocenters. The number of carbonyl (C=O) groups is 2. The van der Waals surface area contributed by atoms with E-state index in [2.05, 4.69) is 262 Å². The molecule has 0 unspecified atom stereocenters. The van der Waals surface area contributed by atoms with E-state index in [1.54, 1.807) is 51.0 Å². The minimum absolute atomic E-state index is 0.0634. The van der Waals surface area contributed by atoms with Crippen LogP contribution in [0, 0.1) is 219 Å². The third kappa shape index (κ3) is 32.6. The quantitative estimate of drug-likeness (QED) is 0.0392. The Hall–Kier alpha value is -13.4. The van der Waals surface area contributed by atoms with Crippen molar-refractivity contribution in [3.8, 4) is 201 Å². The number of carboxylic acids is 1. The zero-order chi connectivity index (χ0) is 74.0. The van der Waals surface area contributed by atoms with Crippen molar-refractivity contribution in [2.24, 2.45) is 23.5 Å². The fourth-order valence-corrected chi connectivity index (χ4v) is 10.1. The molecule has 2 aliphatic heterocycles. The molecule has 0 amide bonds. The van der Waals surface area contributed by atoms with Crippen LogP contribution in [0.3, 0.4) is 0 Å². The van der Waals surface area contributed by atoms with E-state index in [9.17, 15) is 9.59 Å². The van der Waals surface area contributed by atoms with Crippen LogP contribution in [0.25, 0.3) is 21.8 Å². The van der Waals surface area contributed by atoms with Gasteiger partial charge in [-0.05, 0) is 214 Å². The molecule has 0 radical (unpaired) electrons. The van der Waals surface area contributed by atoms with Crippen LogP contribution >= 0.6 is 23.2 Å². The highest BCUT2D eigenvalue weighted by atomic mass is 35.5. The summed E-state index contributed by atoms with van der Waals surface area (Å²) in [7, 11) is 0. The van der Waals surface area contributed by atoms with Gasteiger partial charge in [0, 0.05) is 192 Å². The molecule has 4 aliphatic rings. The summed E-state index contributed by atoms with van der Waals surface area (Å²) in [6, 6.07) is 13.0. The third-order valence-corrected chi connectivity index (χ3v) is 15.4. The summed E-state index contributed by atoms with van der Waals surface area (Å²) < 4.78 is 9.84. The molecular weight excluding hydrogens is 1350 g/mol. The van der Waals surface area contributed by atoms with E-state index in [0.29, 0.717) is 89.7 Å². The Kier molecular flexibility index (Phi) is 35.8. The van der Waals surface area contributed by atoms with E-state index in [4.69, 9.17) is 43.5 Å². The molecule has 0 bridgehead atoms. The number of halogens is 2. The number of carbonyl (C=O) groups excluding carboxylic acids is 1. The lowest BCUT2D eigenvalue weighted by Gasteiger charge is -2.29. The number of ketones is 1. The summed E-state index contributed by atoms with van der Waals surface area (Å²) in [5.74, 6) is 89.3. The van der Waals surface area contributed by atoms with E-state index in [1.165, 1.54) is 0 Å². The lowest BCUT2D eigenvalue weighted by Crippen LogP contribution is -2.41. The molecule has 10 rings (SSSR count). The number of carboxylic acid groups (broad SMARTS) is 1. The number of anilines is 4. The highest BCUT2D eigenvalue weighted by Gasteiger charge is 2.25. The molecule has 7 N–H and O–H groups in total. The third-order valence-electron chi connectivity index (χ3n) is 14.9. The molecule has 6 aromatic rings. The molecule has 105 heavy (non-hydrogen) atoms. The van der Waals surface area contributed by atoms with Gasteiger partial charge in [0.1, 0.15) is 28.5 Å². The smallest absolute Gasteiger partial charge is 0.307 e. The van der Waals surface area contributed by atoms with Gasteiger partial charge in [0.15, 0.2) is 10.3 Å². The molecule has 18 nitrogen and oxygen atoms in total. The first-order valence-corrected chi connectivity index (χ1v) is 33.7. The average Bonchev–Trinajstić information content (AvgIpc) is 0.825. The van der Waals surface area contributed by atoms with Crippen molar-refractivity contribution in [2.45, 2.75) is 103 Å². The van der Waals surface area contributed by atoms with Gasteiger partial charge in [0.2, 0.25) is 11.9 Å². The first-order valence-electron chi connectivity index (χ1n) is 32.9. The van der Waals surface area contributed by atoms with E-state index in [1.807, 2.05) is 36.4 Å². The second kappa shape index (κ2) is 47.6. The van der Waals surface area contributed by atoms with Crippen LogP contribution in [0.1, 0.15) is 82.8 Å². The van der Waals surface area contributed by atoms with Gasteiger partial charge in [-0.15, -0.1) is 0 Å². The number of hydrogen-bond acceptors (Lipinski definition) is 17. The number of nitrogens with two attached hydrogens (primary N) is 1. The normalized spacial score (nSPS) is 14.6. The maximum Gasteiger partial charge on any atom is 0.307 e. The standard InChI is InChI=1S/C36H6.C25H29ClN6O2.C21H23ClN6O2.C3H7NO/c1-3-5-7-9-11-13-15-17-19-21-23-25-27-29-31-33-35-36-34-32-30-28-26-24-22-20-18-16-14-12-10-8-6-4-2;26-24-23-19(7-8-27-24)3-6-22(32-23)31-20-4-1-16(2-5-20)11-28-25-29-12-17(13-30-25)9-21(33)10-18-14-34-15-18;22-20-19-15(7-8-23-20)3-6-17(28-19)27-16-4-1-13(2-5-16)10-24-21-25-11-14(12-26-21)9-18(29)30;4-3-1-5-2-3/h1-2H3;3,6-8,12-13,16,18,20H,1-2,4-5,9-11,14-15H2,(H,31,32)(H,28,29,30);3,6-8,11-13,16H,1-2,4-5,9-10H2,(H,27,28)(H,29,30)(H,24,25,26);3H,1-2,4H2. The topological polar surface area (TPSA) is 250 Å². The Bertz CT molecular complexity index is 5110. The molecule has 2 saturated carbocycles. The Morgan fingerprint density at radius 1 is 0.438 bits per heavy atom. The number of aliphatic carboxylic acids is 1. The number of rotatable bonds is 16. The van der Waals surface area contributed by atoms with Crippen LogP contribution in [0.5, 0.6) is 0 Å². The van der Waals surface area contributed by atoms with E-state index >= 15 is 0 Å². The SMILES string of the molecule is CC#CC#CC#CC#CC#CC#CC#CC#CC#CC#CC#CC#CC#CC#CC#CC#CC#CC.NC1COC1.O=C(Cc1cnc(NCC2CCC(Nc3ccc4ccnc(Cl)c4n3)CC2)nc1)CC1COC1.O=C(O)Cc1cnc(NCC2CCC(Nc3ccc4ccnc(Cl)c4n3)CC2)nc1. The Morgan fingerprint density at radius 3 is 1.04 bits per heavy atom. The van der Waals surface area contributed by atoms with Crippen LogP contribution < -0.4 is 27.0 Å². The first-order chi connectivity index (χ1) is 51.5. The highest BCUT2D eigenvalue weighted by Crippen LogP contribution is 2.30. The number of fused-ring (bicyclic) bond motifs is 2. The Morgan fingerprint density at radius 2 is 0.752 bits per heavy atom. The van der Waals surface area contributed by atoms with E-state index in [-0.39, 0.29) is 12.2 Å². The van der Waals surface area contributed by atoms with Crippen molar-refractivity contribution < 1.29 is 24.2 Å². The molecule has 6 aromatic heterocycles. The number of pyridine rings is 4. The summed E-state index contributed by atoms with van der Waals surface area (Å²) >= 11 is 12.4. The monoisotopic (exact) mass is 1420 g/mol. The van der Waals surface area contributed by atoms with Gasteiger partial charge in [-0.1, -0.05) is 35.0 Å². The maximum absolute atomic E-state index is 12.1. The minimum atomic E-state index is -0.886. The first kappa shape index (κ1) is 78.9. The van der Waals surface area contributed by atoms with Gasteiger partial charge in [-0.3, -0.25) is 9.59 Å². The van der Waals surface area contributed by atoms with Gasteiger partial charge >= 0.3 is 5.97 Å². The second-order valence-electron chi connectivity index (χ2n) is 22.7. The zero-order valence-corrected chi connectivity index (χ0v) is 58.9. The minimum Gasteiger partial charge on any atom is -0.481 e. The van der Waals surface area contributed by atoms with Crippen molar-refractivity contribution in [1.82, 2.24) is 39.9 Å². The van der Waals surface area contributed by atoms with Gasteiger partial charge in [0.05, 0.1) is 38.9 Å². The molecule has 0 aromatic carbocycles. The summed E-state index contributed by atoms with van der Waals surface area (Å²) in [6.07, 6.45) is 19.6. The molecule has 2 aliphatic carbocycles. The van der Waals surface area contributed by atoms with Gasteiger partial charge in [-0.25, -0.2) is 39.9 Å². The second-order valence-corrected chi connectivity index (χ2v) is 23.5. The fraction of sp³-hybridized carbons (Fsp3) is 0.294. The Balaban J connectivity index is 0.000000213. The van der Waals surface area contributed by atoms with Gasteiger partial charge in [-0.2, -0.15) is 0 Å². The van der Waals surface area contributed by atoms with Crippen LogP contribution in [-0.4, -0.2) is 114 Å². The molecule has 20 heteroatoms. The summed E-state index contributed by atoms with van der Waals surface area (Å²) in [5, 5.41) is 25.3. The number of ether oxygens (including phenoxy) is 2. The summed E-state index contributed by atoms with van der Waals surface area (Å²) in [5.41, 5.74) is 8.16. The predicted octanol–water partition coefficient (Wildman–Crippen LogP) is 8.52. The van der Waals surface area contributed by atoms with Crippen LogP contribution in [0.2, 0.25) is 10.3 Å². The van der Waals surface area contributed by atoms with Crippen LogP contribution in [0.4, 0.5) is 23.5 Å². The van der Waals surface area contributed by atoms with Crippen molar-refractivity contribution >= 4 is 80.3 Å². The van der Waals surface area contributed by atoms with Crippen LogP contribution in [-0.2, 0) is 31.9 Å². The highest BCUT2D eigenvalue weighted by molar-refractivity contribution is 6.34. The van der Waals surface area contributed by atoms with Gasteiger partial charge in [0.25, 0.3) is 0 Å². The number of nitrogens with zero attached hydrogens (tertiary/aromatic N) is 8. The zero-order valence-electron chi connectivity index (χ0n) is 57.4. The number of Topliss-reactive ketones (excluding diaryl/α,β-unsaturated/α-hetero) is 1. The van der Waals surface area contributed by atoms with Gasteiger partial charge < -0.3 is 41.6 Å². The van der Waals surface area contributed by atoms with Crippen molar-refractivity contribution in [2.75, 3.05) is 60.8 Å². The number of hydrogen-bond donors (Lipinski definition) is 6. The van der Waals surface area contributed by atoms with E-state index < -0.39 is 5.97 Å². The molecule has 2 saturated heterocycles. The maximum atomic E-state index is 12.1. The lowest BCUT2D eigenvalue weighted by atomic mass is 9.86. The molecule has 8 heterocycles. The number of nitrogens with one attached hydrogen (secondary N) is 4. The molecular formula is C85H65Cl2N13O5. The molecule has 0 spiro atoms.